The van der Waals surface area contributed by atoms with Crippen LogP contribution in [0.15, 0.2) is 70.2 Å². The van der Waals surface area contributed by atoms with Gasteiger partial charge < -0.3 is 5.11 Å². The van der Waals surface area contributed by atoms with Crippen LogP contribution < -0.4 is 0 Å². The lowest BCUT2D eigenvalue weighted by Crippen LogP contribution is -2.07. The zero-order chi connectivity index (χ0) is 18.0. The van der Waals surface area contributed by atoms with Crippen LogP contribution in [0.2, 0.25) is 5.02 Å². The van der Waals surface area contributed by atoms with Crippen LogP contribution in [0.25, 0.3) is 11.1 Å². The van der Waals surface area contributed by atoms with E-state index in [9.17, 15) is 13.5 Å². The van der Waals surface area contributed by atoms with Gasteiger partial charge in [0, 0.05) is 11.2 Å². The molecular formula is C18H13BrClNO3S. The third kappa shape index (κ3) is 4.03. The zero-order valence-corrected chi connectivity index (χ0v) is 16.0. The highest BCUT2D eigenvalue weighted by Gasteiger charge is 2.23. The van der Waals surface area contributed by atoms with Gasteiger partial charge in [0.15, 0.2) is 9.84 Å². The summed E-state index contributed by atoms with van der Waals surface area (Å²) in [4.78, 5) is 3.92. The zero-order valence-electron chi connectivity index (χ0n) is 12.9. The Bertz CT molecular complexity index is 1020. The van der Waals surface area contributed by atoms with Gasteiger partial charge in [-0.25, -0.2) is 8.42 Å². The van der Waals surface area contributed by atoms with Crippen LogP contribution in [0.1, 0.15) is 5.69 Å². The van der Waals surface area contributed by atoms with Gasteiger partial charge in [0.05, 0.1) is 15.9 Å². The normalized spacial score (nSPS) is 11.4. The molecule has 0 atom stereocenters. The minimum atomic E-state index is -3.81. The fraction of sp³-hybridized carbons (Fsp3) is 0.0556. The Balaban J connectivity index is 1.97. The number of phenols is 1. The first-order valence-electron chi connectivity index (χ1n) is 7.28. The van der Waals surface area contributed by atoms with E-state index in [-0.39, 0.29) is 25.9 Å². The van der Waals surface area contributed by atoms with E-state index in [1.54, 1.807) is 12.3 Å². The lowest BCUT2D eigenvalue weighted by atomic mass is 10.1. The Hall–Kier alpha value is -1.89. The van der Waals surface area contributed by atoms with Crippen LogP contribution in [-0.2, 0) is 15.6 Å². The summed E-state index contributed by atoms with van der Waals surface area (Å²) in [6, 6.07) is 15.8. The summed E-state index contributed by atoms with van der Waals surface area (Å²) in [5.74, 6) is -0.697. The van der Waals surface area contributed by atoms with E-state index in [4.69, 9.17) is 11.6 Å². The van der Waals surface area contributed by atoms with Crippen LogP contribution in [0.5, 0.6) is 5.75 Å². The number of aromatic hydroxyl groups is 1. The summed E-state index contributed by atoms with van der Waals surface area (Å²) in [7, 11) is -3.81. The van der Waals surface area contributed by atoms with Crippen molar-refractivity contribution in [2.45, 2.75) is 10.6 Å². The second-order valence-corrected chi connectivity index (χ2v) is 8.64. The Morgan fingerprint density at radius 1 is 1.04 bits per heavy atom. The third-order valence-corrected chi connectivity index (χ3v) is 6.07. The SMILES string of the molecule is O=S(=O)(Cc1cc(-c2ccccc2)ccn1)c1cc(Cl)cc(Br)c1O. The predicted octanol–water partition coefficient (Wildman–Crippen LogP) is 4.84. The molecule has 2 aromatic carbocycles. The molecule has 7 heteroatoms. The number of benzene rings is 2. The standard InChI is InChI=1S/C18H13BrClNO3S/c19-16-9-14(20)10-17(18(16)22)25(23,24)11-15-8-13(6-7-21-15)12-4-2-1-3-5-12/h1-10,22H,11H2. The van der Waals surface area contributed by atoms with Crippen LogP contribution in [0.4, 0.5) is 0 Å². The summed E-state index contributed by atoms with van der Waals surface area (Å²) in [6.45, 7) is 0. The maximum atomic E-state index is 12.7. The maximum absolute atomic E-state index is 12.7. The molecule has 0 amide bonds. The highest BCUT2D eigenvalue weighted by molar-refractivity contribution is 9.10. The van der Waals surface area contributed by atoms with Gasteiger partial charge in [-0.3, -0.25) is 4.98 Å². The minimum absolute atomic E-state index is 0.217. The summed E-state index contributed by atoms with van der Waals surface area (Å²) >= 11 is 9.02. The van der Waals surface area contributed by atoms with Crippen LogP contribution in [-0.4, -0.2) is 18.5 Å². The van der Waals surface area contributed by atoms with Gasteiger partial charge in [-0.1, -0.05) is 41.9 Å². The fourth-order valence-corrected chi connectivity index (χ4v) is 4.84. The fourth-order valence-electron chi connectivity index (χ4n) is 2.42. The molecule has 0 bridgehead atoms. The highest BCUT2D eigenvalue weighted by atomic mass is 79.9. The monoisotopic (exact) mass is 437 g/mol. The summed E-state index contributed by atoms with van der Waals surface area (Å²) in [5.41, 5.74) is 2.23. The van der Waals surface area contributed by atoms with Crippen molar-refractivity contribution in [3.63, 3.8) is 0 Å². The van der Waals surface area contributed by atoms with Gasteiger partial charge in [0.2, 0.25) is 0 Å². The minimum Gasteiger partial charge on any atom is -0.505 e. The lowest BCUT2D eigenvalue weighted by Gasteiger charge is -2.09. The molecule has 0 aliphatic heterocycles. The van der Waals surface area contributed by atoms with Crippen molar-refractivity contribution < 1.29 is 13.5 Å². The van der Waals surface area contributed by atoms with Crippen molar-refractivity contribution in [1.29, 1.82) is 0 Å². The summed E-state index contributed by atoms with van der Waals surface area (Å²) in [5, 5.41) is 10.3. The quantitative estimate of drug-likeness (QED) is 0.632. The Kier molecular flexibility index (Phi) is 5.13. The number of hydrogen-bond donors (Lipinski definition) is 1. The molecule has 1 aromatic heterocycles. The molecule has 3 aromatic rings. The molecule has 0 unspecified atom stereocenters. The molecule has 0 spiro atoms. The Labute approximate surface area is 159 Å². The van der Waals surface area contributed by atoms with Gasteiger partial charge in [-0.15, -0.1) is 0 Å². The largest absolute Gasteiger partial charge is 0.505 e. The van der Waals surface area contributed by atoms with Crippen molar-refractivity contribution in [3.05, 3.63) is 76.0 Å². The molecule has 1 heterocycles. The van der Waals surface area contributed by atoms with Crippen molar-refractivity contribution >= 4 is 37.4 Å². The second kappa shape index (κ2) is 7.15. The molecule has 0 saturated carbocycles. The predicted molar refractivity (Wildman–Crippen MR) is 101 cm³/mol. The van der Waals surface area contributed by atoms with Gasteiger partial charge >= 0.3 is 0 Å². The van der Waals surface area contributed by atoms with Crippen LogP contribution >= 0.6 is 27.5 Å². The first kappa shape index (κ1) is 17.9. The molecule has 0 saturated heterocycles. The van der Waals surface area contributed by atoms with Crippen LogP contribution in [0, 0.1) is 0 Å². The maximum Gasteiger partial charge on any atom is 0.187 e. The Morgan fingerprint density at radius 2 is 1.76 bits per heavy atom. The number of hydrogen-bond acceptors (Lipinski definition) is 4. The van der Waals surface area contributed by atoms with Crippen molar-refractivity contribution in [3.8, 4) is 16.9 Å². The van der Waals surface area contributed by atoms with Gasteiger partial charge in [-0.05, 0) is 51.3 Å². The molecule has 0 aliphatic carbocycles. The number of rotatable bonds is 4. The molecule has 0 aliphatic rings. The molecule has 25 heavy (non-hydrogen) atoms. The molecule has 4 nitrogen and oxygen atoms in total. The number of sulfone groups is 1. The summed E-state index contributed by atoms with van der Waals surface area (Å²) < 4.78 is 25.6. The number of halogens is 2. The lowest BCUT2D eigenvalue weighted by molar-refractivity contribution is 0.455. The van der Waals surface area contributed by atoms with Gasteiger partial charge in [0.1, 0.15) is 10.6 Å². The third-order valence-electron chi connectivity index (χ3n) is 3.59. The van der Waals surface area contributed by atoms with E-state index in [0.717, 1.165) is 11.1 Å². The highest BCUT2D eigenvalue weighted by Crippen LogP contribution is 2.35. The second-order valence-electron chi connectivity index (χ2n) is 5.40. The number of nitrogens with zero attached hydrogens (tertiary/aromatic N) is 1. The molecule has 0 fully saturated rings. The van der Waals surface area contributed by atoms with E-state index >= 15 is 0 Å². The molecule has 0 radical (unpaired) electrons. The van der Waals surface area contributed by atoms with E-state index in [0.29, 0.717) is 5.69 Å². The first-order valence-corrected chi connectivity index (χ1v) is 10.1. The Morgan fingerprint density at radius 3 is 2.48 bits per heavy atom. The average molecular weight is 439 g/mol. The molecule has 1 N–H and O–H groups in total. The van der Waals surface area contributed by atoms with Crippen molar-refractivity contribution in [1.82, 2.24) is 4.98 Å². The van der Waals surface area contributed by atoms with Crippen LogP contribution in [0.3, 0.4) is 0 Å². The average Bonchev–Trinajstić information content (AvgIpc) is 2.58. The number of phenolic OH excluding ortho intramolecular Hbond substituents is 1. The van der Waals surface area contributed by atoms with E-state index in [1.807, 2.05) is 36.4 Å². The number of aromatic nitrogens is 1. The topological polar surface area (TPSA) is 67.3 Å². The smallest absolute Gasteiger partial charge is 0.187 e. The van der Waals surface area contributed by atoms with Crippen molar-refractivity contribution in [2.75, 3.05) is 0 Å². The van der Waals surface area contributed by atoms with E-state index in [1.165, 1.54) is 12.1 Å². The van der Waals surface area contributed by atoms with Gasteiger partial charge in [0.25, 0.3) is 0 Å². The van der Waals surface area contributed by atoms with Crippen molar-refractivity contribution in [2.24, 2.45) is 0 Å². The van der Waals surface area contributed by atoms with E-state index in [2.05, 4.69) is 20.9 Å². The number of pyridine rings is 1. The molecular weight excluding hydrogens is 426 g/mol. The summed E-state index contributed by atoms with van der Waals surface area (Å²) in [6.07, 6.45) is 1.57. The molecule has 128 valence electrons. The van der Waals surface area contributed by atoms with Gasteiger partial charge in [-0.2, -0.15) is 0 Å². The van der Waals surface area contributed by atoms with E-state index < -0.39 is 9.84 Å². The molecule has 3 rings (SSSR count). The first-order chi connectivity index (χ1) is 11.9.